The van der Waals surface area contributed by atoms with E-state index in [0.29, 0.717) is 53.0 Å². The number of carbonyl (C=O) groups is 3. The minimum absolute atomic E-state index is 0.199. The quantitative estimate of drug-likeness (QED) is 0.0569. The second-order valence-corrected chi connectivity index (χ2v) is 9.89. The average Bonchev–Trinajstić information content (AvgIpc) is 3.46. The maximum Gasteiger partial charge on any atom is 0.251 e. The number of rotatable bonds is 14. The summed E-state index contributed by atoms with van der Waals surface area (Å²) in [6, 6.07) is 15.8. The lowest BCUT2D eigenvalue weighted by Gasteiger charge is -2.11. The van der Waals surface area contributed by atoms with Gasteiger partial charge in [0.25, 0.3) is 5.91 Å². The van der Waals surface area contributed by atoms with Gasteiger partial charge in [-0.1, -0.05) is 31.6 Å². The predicted molar refractivity (Wildman–Crippen MR) is 158 cm³/mol. The number of carbonyl (C=O) groups excluding carboxylic acids is 3. The minimum Gasteiger partial charge on any atom is -0.437 e. The molecule has 0 fully saturated rings. The number of hydrogen-bond donors (Lipinski definition) is 5. The van der Waals surface area contributed by atoms with Gasteiger partial charge in [-0.25, -0.2) is 10.5 Å². The SMILES string of the molecule is C=CC(=O)Nc1cccc(Oc2nc(Nc3cccc(C(=O)NCCCCCCC(=O)NO)c3)nc3ccsc23)c1. The molecule has 2 heterocycles. The number of anilines is 3. The van der Waals surface area contributed by atoms with Crippen molar-refractivity contribution in [2.75, 3.05) is 17.2 Å². The molecule has 0 aliphatic carbocycles. The molecule has 0 spiro atoms. The molecule has 4 rings (SSSR count). The Balaban J connectivity index is 1.38. The number of ether oxygens (including phenoxy) is 1. The molecule has 0 saturated carbocycles. The maximum atomic E-state index is 12.7. The van der Waals surface area contributed by atoms with E-state index < -0.39 is 5.91 Å². The summed E-state index contributed by atoms with van der Waals surface area (Å²) in [6.07, 6.45) is 4.63. The van der Waals surface area contributed by atoms with Gasteiger partial charge in [-0.05, 0) is 60.7 Å². The van der Waals surface area contributed by atoms with Gasteiger partial charge >= 0.3 is 0 Å². The number of benzene rings is 2. The van der Waals surface area contributed by atoms with E-state index in [1.54, 1.807) is 47.9 Å². The Morgan fingerprint density at radius 2 is 1.78 bits per heavy atom. The largest absolute Gasteiger partial charge is 0.437 e. The fourth-order valence-electron chi connectivity index (χ4n) is 3.90. The molecule has 41 heavy (non-hydrogen) atoms. The molecular formula is C29H30N6O5S. The molecule has 3 amide bonds. The summed E-state index contributed by atoms with van der Waals surface area (Å²) in [4.78, 5) is 44.5. The number of nitrogens with one attached hydrogen (secondary N) is 4. The van der Waals surface area contributed by atoms with Crippen molar-refractivity contribution < 1.29 is 24.3 Å². The lowest BCUT2D eigenvalue weighted by molar-refractivity contribution is -0.129. The van der Waals surface area contributed by atoms with Crippen LogP contribution in [0.3, 0.4) is 0 Å². The first-order valence-corrected chi connectivity index (χ1v) is 13.9. The van der Waals surface area contributed by atoms with E-state index in [1.165, 1.54) is 17.4 Å². The first-order chi connectivity index (χ1) is 19.9. The van der Waals surface area contributed by atoms with Gasteiger partial charge in [0, 0.05) is 36.0 Å². The van der Waals surface area contributed by atoms with E-state index in [0.717, 1.165) is 24.0 Å². The van der Waals surface area contributed by atoms with E-state index in [-0.39, 0.29) is 18.2 Å². The van der Waals surface area contributed by atoms with Crippen molar-refractivity contribution in [2.45, 2.75) is 32.1 Å². The topological polar surface area (TPSA) is 155 Å². The molecule has 11 nitrogen and oxygen atoms in total. The fraction of sp³-hybridized carbons (Fsp3) is 0.207. The van der Waals surface area contributed by atoms with Crippen molar-refractivity contribution in [1.82, 2.24) is 20.8 Å². The third kappa shape index (κ3) is 8.59. The summed E-state index contributed by atoms with van der Waals surface area (Å²) in [5.74, 6) is 0.224. The number of hydrogen-bond acceptors (Lipinski definition) is 9. The molecule has 2 aromatic carbocycles. The highest BCUT2D eigenvalue weighted by atomic mass is 32.1. The first-order valence-electron chi connectivity index (χ1n) is 13.0. The Bertz CT molecular complexity index is 1540. The molecule has 4 aromatic rings. The first kappa shape index (κ1) is 29.2. The zero-order chi connectivity index (χ0) is 29.0. The Hall–Kier alpha value is -4.81. The fourth-order valence-corrected chi connectivity index (χ4v) is 4.65. The van der Waals surface area contributed by atoms with Crippen LogP contribution in [-0.2, 0) is 9.59 Å². The summed E-state index contributed by atoms with van der Waals surface area (Å²) in [7, 11) is 0. The summed E-state index contributed by atoms with van der Waals surface area (Å²) in [5.41, 5.74) is 4.00. The molecule has 0 atom stereocenters. The van der Waals surface area contributed by atoms with E-state index in [1.807, 2.05) is 17.5 Å². The zero-order valence-electron chi connectivity index (χ0n) is 22.2. The average molecular weight is 575 g/mol. The summed E-state index contributed by atoms with van der Waals surface area (Å²) >= 11 is 1.45. The smallest absolute Gasteiger partial charge is 0.251 e. The van der Waals surface area contributed by atoms with Crippen molar-refractivity contribution in [3.8, 4) is 11.6 Å². The van der Waals surface area contributed by atoms with Crippen LogP contribution in [0.25, 0.3) is 10.2 Å². The highest BCUT2D eigenvalue weighted by molar-refractivity contribution is 7.17. The number of unbranched alkanes of at least 4 members (excludes halogenated alkanes) is 3. The van der Waals surface area contributed by atoms with Gasteiger partial charge in [0.15, 0.2) is 0 Å². The summed E-state index contributed by atoms with van der Waals surface area (Å²) in [5, 5.41) is 19.2. The molecule has 5 N–H and O–H groups in total. The van der Waals surface area contributed by atoms with Crippen LogP contribution in [-0.4, -0.2) is 39.4 Å². The van der Waals surface area contributed by atoms with Crippen molar-refractivity contribution in [3.63, 3.8) is 0 Å². The second kappa shape index (κ2) is 14.5. The third-order valence-corrected chi connectivity index (χ3v) is 6.79. The van der Waals surface area contributed by atoms with Crippen molar-refractivity contribution >= 4 is 56.6 Å². The standard InChI is InChI=1S/C29H30N6O5S/c1-2-24(36)31-21-11-8-12-22(18-21)40-28-26-23(14-16-41-26)33-29(34-28)32-20-10-7-9-19(17-20)27(38)30-15-6-4-3-5-13-25(37)35-39/h2,7-12,14,16-18,39H,1,3-6,13,15H2,(H,30,38)(H,31,36)(H,35,37)(H,32,33,34). The molecule has 0 unspecified atom stereocenters. The molecule has 0 bridgehead atoms. The van der Waals surface area contributed by atoms with Crippen LogP contribution in [0, 0.1) is 0 Å². The molecule has 0 saturated heterocycles. The number of amides is 3. The summed E-state index contributed by atoms with van der Waals surface area (Å²) < 4.78 is 6.85. The number of aromatic nitrogens is 2. The maximum absolute atomic E-state index is 12.7. The highest BCUT2D eigenvalue weighted by Crippen LogP contribution is 2.33. The molecule has 212 valence electrons. The van der Waals surface area contributed by atoms with Crippen LogP contribution in [0.15, 0.2) is 72.6 Å². The van der Waals surface area contributed by atoms with E-state index >= 15 is 0 Å². The molecule has 0 radical (unpaired) electrons. The second-order valence-electron chi connectivity index (χ2n) is 8.97. The highest BCUT2D eigenvalue weighted by Gasteiger charge is 2.13. The Kier molecular flexibility index (Phi) is 10.3. The van der Waals surface area contributed by atoms with E-state index in [4.69, 9.17) is 9.94 Å². The van der Waals surface area contributed by atoms with Crippen LogP contribution >= 0.6 is 11.3 Å². The van der Waals surface area contributed by atoms with Crippen molar-refractivity contribution in [3.05, 3.63) is 78.2 Å². The van der Waals surface area contributed by atoms with Crippen molar-refractivity contribution in [1.29, 1.82) is 0 Å². The molecule has 0 aliphatic heterocycles. The molecule has 2 aromatic heterocycles. The van der Waals surface area contributed by atoms with Crippen LogP contribution < -0.4 is 26.2 Å². The Morgan fingerprint density at radius 3 is 2.61 bits per heavy atom. The van der Waals surface area contributed by atoms with Gasteiger partial charge in [0.1, 0.15) is 10.4 Å². The van der Waals surface area contributed by atoms with Gasteiger partial charge in [0.2, 0.25) is 23.6 Å². The normalized spacial score (nSPS) is 10.6. The van der Waals surface area contributed by atoms with Gasteiger partial charge in [-0.3, -0.25) is 19.6 Å². The molecule has 12 heteroatoms. The van der Waals surface area contributed by atoms with Crippen LogP contribution in [0.5, 0.6) is 11.6 Å². The predicted octanol–water partition coefficient (Wildman–Crippen LogP) is 5.54. The molecular weight excluding hydrogens is 544 g/mol. The van der Waals surface area contributed by atoms with Crippen LogP contribution in [0.2, 0.25) is 0 Å². The van der Waals surface area contributed by atoms with E-state index in [9.17, 15) is 14.4 Å². The van der Waals surface area contributed by atoms with Crippen LogP contribution in [0.4, 0.5) is 17.3 Å². The number of nitrogens with zero attached hydrogens (tertiary/aromatic N) is 2. The summed E-state index contributed by atoms with van der Waals surface area (Å²) in [6.45, 7) is 3.98. The van der Waals surface area contributed by atoms with Crippen molar-refractivity contribution in [2.24, 2.45) is 0 Å². The van der Waals surface area contributed by atoms with Gasteiger partial charge in [0.05, 0.1) is 5.52 Å². The number of hydroxylamine groups is 1. The minimum atomic E-state index is -0.392. The lowest BCUT2D eigenvalue weighted by Crippen LogP contribution is -2.24. The van der Waals surface area contributed by atoms with Gasteiger partial charge in [-0.15, -0.1) is 11.3 Å². The zero-order valence-corrected chi connectivity index (χ0v) is 23.0. The number of thiophene rings is 1. The van der Waals surface area contributed by atoms with Crippen LogP contribution in [0.1, 0.15) is 42.5 Å². The number of fused-ring (bicyclic) bond motifs is 1. The van der Waals surface area contributed by atoms with E-state index in [2.05, 4.69) is 32.5 Å². The Morgan fingerprint density at radius 1 is 0.976 bits per heavy atom. The lowest BCUT2D eigenvalue weighted by atomic mass is 10.1. The monoisotopic (exact) mass is 574 g/mol. The molecule has 0 aliphatic rings. The van der Waals surface area contributed by atoms with Gasteiger partial charge < -0.3 is 20.7 Å². The third-order valence-electron chi connectivity index (χ3n) is 5.90. The van der Waals surface area contributed by atoms with Gasteiger partial charge in [-0.2, -0.15) is 4.98 Å². The Labute approximate surface area is 240 Å².